The predicted molar refractivity (Wildman–Crippen MR) is 175 cm³/mol. The summed E-state index contributed by atoms with van der Waals surface area (Å²) >= 11 is 0. The average molecular weight is 587 g/mol. The van der Waals surface area contributed by atoms with Gasteiger partial charge in [-0.05, 0) is 117 Å². The minimum Gasteiger partial charge on any atom is -0.508 e. The number of fused-ring (bicyclic) bond motifs is 2. The van der Waals surface area contributed by atoms with E-state index in [9.17, 15) is 15.0 Å². The first-order chi connectivity index (χ1) is 20.0. The van der Waals surface area contributed by atoms with Gasteiger partial charge in [-0.1, -0.05) is 65.7 Å². The summed E-state index contributed by atoms with van der Waals surface area (Å²) in [5.74, 6) is -2.22. The molecule has 5 heteroatoms. The molecule has 2 N–H and O–H groups in total. The van der Waals surface area contributed by atoms with Crippen molar-refractivity contribution in [3.63, 3.8) is 0 Å². The van der Waals surface area contributed by atoms with Crippen LogP contribution in [0.25, 0.3) is 5.76 Å². The van der Waals surface area contributed by atoms with Crippen LogP contribution in [0.2, 0.25) is 0 Å². The third kappa shape index (κ3) is 6.27. The molecule has 2 bridgehead atoms. The third-order valence-electron chi connectivity index (χ3n) is 9.63. The molecule has 0 spiro atoms. The van der Waals surface area contributed by atoms with E-state index in [1.54, 1.807) is 12.1 Å². The Bertz CT molecular complexity index is 1430. The van der Waals surface area contributed by atoms with E-state index in [2.05, 4.69) is 19.1 Å². The van der Waals surface area contributed by atoms with Gasteiger partial charge in [0, 0.05) is 5.56 Å². The van der Waals surface area contributed by atoms with E-state index in [0.29, 0.717) is 25.7 Å². The molecule has 0 heterocycles. The number of carbonyl (C=O) groups excluding carboxylic acids is 3. The van der Waals surface area contributed by atoms with Crippen LogP contribution in [0.5, 0.6) is 5.75 Å². The monoisotopic (exact) mass is 586 g/mol. The number of benzene rings is 1. The Morgan fingerprint density at radius 1 is 0.837 bits per heavy atom. The van der Waals surface area contributed by atoms with Crippen molar-refractivity contribution in [2.45, 2.75) is 101 Å². The lowest BCUT2D eigenvalue weighted by molar-refractivity contribution is -0.178. The Labute approximate surface area is 258 Å². The SMILES string of the molecule is CC(C)=CCC[C@@]1(C)[C@@H](CC=C(C)C)C[C@@]2(CC=C(C)C)C(=O)/C(=C(\O)c3cccc(O)c3)C(=O)[C@]1(CC=C(C)C)C2=O. The fourth-order valence-corrected chi connectivity index (χ4v) is 7.10. The molecule has 3 rings (SSSR count). The molecule has 2 aliphatic carbocycles. The minimum absolute atomic E-state index is 0.0940. The van der Waals surface area contributed by atoms with Crippen molar-refractivity contribution < 1.29 is 24.6 Å². The molecule has 0 saturated heterocycles. The van der Waals surface area contributed by atoms with Gasteiger partial charge in [0.2, 0.25) is 0 Å². The molecule has 1 aromatic carbocycles. The van der Waals surface area contributed by atoms with E-state index >= 15 is 9.59 Å². The maximum absolute atomic E-state index is 15.2. The number of ketones is 3. The second-order valence-electron chi connectivity index (χ2n) is 13.9. The standard InChI is InChI=1S/C38H50O5/c1-24(2)12-11-19-36(9)29(16-15-25(3)4)23-37(20-17-26(5)6)33(41)31(32(40)28-13-10-14-30(39)22-28)34(42)38(36,35(37)43)21-18-27(7)8/h10,12-15,17-18,22,29,39-40H,11,16,19-21,23H2,1-9H3/b32-31+/t29-,36-,37-,38+/m0/s1. The van der Waals surface area contributed by atoms with E-state index in [1.807, 2.05) is 67.5 Å². The van der Waals surface area contributed by atoms with Crippen molar-refractivity contribution in [3.05, 3.63) is 82.0 Å². The number of phenolic OH excluding ortho intramolecular Hbond substituents is 1. The second kappa shape index (κ2) is 13.0. The quantitative estimate of drug-likeness (QED) is 0.0937. The van der Waals surface area contributed by atoms with E-state index in [1.165, 1.54) is 12.1 Å². The van der Waals surface area contributed by atoms with Crippen LogP contribution in [0.4, 0.5) is 0 Å². The molecule has 0 amide bonds. The number of rotatable bonds is 10. The molecule has 2 saturated carbocycles. The van der Waals surface area contributed by atoms with Crippen LogP contribution in [-0.4, -0.2) is 27.6 Å². The van der Waals surface area contributed by atoms with Gasteiger partial charge in [-0.25, -0.2) is 0 Å². The van der Waals surface area contributed by atoms with Gasteiger partial charge < -0.3 is 10.2 Å². The van der Waals surface area contributed by atoms with Gasteiger partial charge >= 0.3 is 0 Å². The van der Waals surface area contributed by atoms with Crippen LogP contribution in [0.15, 0.2) is 76.4 Å². The van der Waals surface area contributed by atoms with Crippen molar-refractivity contribution in [2.75, 3.05) is 0 Å². The minimum atomic E-state index is -1.55. The largest absolute Gasteiger partial charge is 0.508 e. The lowest BCUT2D eigenvalue weighted by Gasteiger charge is -2.61. The molecule has 0 radical (unpaired) electrons. The number of allylic oxidation sites excluding steroid dienone is 9. The molecule has 5 nitrogen and oxygen atoms in total. The van der Waals surface area contributed by atoms with Crippen LogP contribution >= 0.6 is 0 Å². The highest BCUT2D eigenvalue weighted by Crippen LogP contribution is 2.67. The van der Waals surface area contributed by atoms with E-state index in [-0.39, 0.29) is 41.4 Å². The Hall–Kier alpha value is -3.47. The summed E-state index contributed by atoms with van der Waals surface area (Å²) in [5.41, 5.74) is 0.267. The average Bonchev–Trinajstić information content (AvgIpc) is 2.91. The van der Waals surface area contributed by atoms with E-state index in [0.717, 1.165) is 22.3 Å². The van der Waals surface area contributed by atoms with Crippen molar-refractivity contribution in [1.82, 2.24) is 0 Å². The van der Waals surface area contributed by atoms with Gasteiger partial charge in [-0.15, -0.1) is 0 Å². The first-order valence-corrected chi connectivity index (χ1v) is 15.4. The Kier molecular flexibility index (Phi) is 10.3. The number of carbonyl (C=O) groups is 3. The van der Waals surface area contributed by atoms with Crippen LogP contribution in [0, 0.1) is 22.2 Å². The highest BCUT2D eigenvalue weighted by atomic mass is 16.3. The Morgan fingerprint density at radius 2 is 1.42 bits per heavy atom. The Morgan fingerprint density at radius 3 is 1.98 bits per heavy atom. The van der Waals surface area contributed by atoms with E-state index < -0.39 is 33.6 Å². The molecule has 4 atom stereocenters. The molecule has 0 aliphatic heterocycles. The summed E-state index contributed by atoms with van der Waals surface area (Å²) in [6, 6.07) is 5.92. The molecule has 2 fully saturated rings. The fraction of sp³-hybridized carbons (Fsp3) is 0.500. The highest BCUT2D eigenvalue weighted by molar-refractivity contribution is 6.41. The van der Waals surface area contributed by atoms with Gasteiger partial charge in [0.15, 0.2) is 17.3 Å². The van der Waals surface area contributed by atoms with Gasteiger partial charge in [0.25, 0.3) is 0 Å². The van der Waals surface area contributed by atoms with Crippen molar-refractivity contribution in [1.29, 1.82) is 0 Å². The first-order valence-electron chi connectivity index (χ1n) is 15.4. The van der Waals surface area contributed by atoms with Gasteiger partial charge in [-0.3, -0.25) is 14.4 Å². The zero-order valence-electron chi connectivity index (χ0n) is 27.6. The smallest absolute Gasteiger partial charge is 0.184 e. The molecular weight excluding hydrogens is 536 g/mol. The highest BCUT2D eigenvalue weighted by Gasteiger charge is 2.74. The van der Waals surface area contributed by atoms with Gasteiger partial charge in [0.05, 0.1) is 5.41 Å². The zero-order chi connectivity index (χ0) is 32.3. The lowest BCUT2D eigenvalue weighted by Crippen LogP contribution is -2.70. The topological polar surface area (TPSA) is 91.7 Å². The van der Waals surface area contributed by atoms with Gasteiger partial charge in [0.1, 0.15) is 22.5 Å². The number of Topliss-reactive ketones (excluding diaryl/α,β-unsaturated/α-hetero) is 3. The molecule has 232 valence electrons. The molecular formula is C38H50O5. The fourth-order valence-electron chi connectivity index (χ4n) is 7.10. The van der Waals surface area contributed by atoms with Crippen LogP contribution < -0.4 is 0 Å². The molecule has 43 heavy (non-hydrogen) atoms. The maximum Gasteiger partial charge on any atom is 0.184 e. The second-order valence-corrected chi connectivity index (χ2v) is 13.9. The summed E-state index contributed by atoms with van der Waals surface area (Å²) in [7, 11) is 0. The van der Waals surface area contributed by atoms with Crippen molar-refractivity contribution in [3.8, 4) is 5.75 Å². The summed E-state index contributed by atoms with van der Waals surface area (Å²) < 4.78 is 0. The molecule has 1 aromatic rings. The maximum atomic E-state index is 15.2. The normalized spacial score (nSPS) is 27.7. The number of phenols is 1. The van der Waals surface area contributed by atoms with E-state index in [4.69, 9.17) is 0 Å². The van der Waals surface area contributed by atoms with Crippen LogP contribution in [0.1, 0.15) is 106 Å². The molecule has 0 unspecified atom stereocenters. The summed E-state index contributed by atoms with van der Waals surface area (Å²) in [6.07, 6.45) is 10.7. The van der Waals surface area contributed by atoms with Crippen LogP contribution in [-0.2, 0) is 14.4 Å². The number of aliphatic hydroxyl groups is 1. The summed E-state index contributed by atoms with van der Waals surface area (Å²) in [6.45, 7) is 18.0. The lowest BCUT2D eigenvalue weighted by atomic mass is 9.37. The first kappa shape index (κ1) is 34.0. The Balaban J connectivity index is 2.50. The predicted octanol–water partition coefficient (Wildman–Crippen LogP) is 9.20. The van der Waals surface area contributed by atoms with Crippen molar-refractivity contribution >= 4 is 23.1 Å². The number of hydrogen-bond acceptors (Lipinski definition) is 5. The van der Waals surface area contributed by atoms with Crippen LogP contribution in [0.3, 0.4) is 0 Å². The summed E-state index contributed by atoms with van der Waals surface area (Å²) in [4.78, 5) is 44.9. The molecule has 0 aromatic heterocycles. The molecule has 2 aliphatic rings. The van der Waals surface area contributed by atoms with Gasteiger partial charge in [-0.2, -0.15) is 0 Å². The number of aromatic hydroxyl groups is 1. The third-order valence-corrected chi connectivity index (χ3v) is 9.63. The zero-order valence-corrected chi connectivity index (χ0v) is 27.6. The number of hydrogen-bond donors (Lipinski definition) is 2. The number of aliphatic hydroxyl groups excluding tert-OH is 1. The summed E-state index contributed by atoms with van der Waals surface area (Å²) in [5, 5.41) is 21.8. The van der Waals surface area contributed by atoms with Crippen molar-refractivity contribution in [2.24, 2.45) is 22.2 Å².